The summed E-state index contributed by atoms with van der Waals surface area (Å²) in [7, 11) is 4.09. The molecule has 5 nitrogen and oxygen atoms in total. The Morgan fingerprint density at radius 2 is 2.24 bits per heavy atom. The largest absolute Gasteiger partial charge is 0.384 e. The average Bonchev–Trinajstić information content (AvgIpc) is 2.87. The van der Waals surface area contributed by atoms with Crippen molar-refractivity contribution in [3.8, 4) is 11.8 Å². The molecule has 1 aromatic heterocycles. The molecule has 1 fully saturated rings. The van der Waals surface area contributed by atoms with Gasteiger partial charge in [-0.25, -0.2) is 0 Å². The van der Waals surface area contributed by atoms with E-state index in [1.165, 1.54) is 0 Å². The molecular formula is C16H21N3O2. The number of carbonyl (C=O) groups is 1. The normalized spacial score (nSPS) is 21.3. The molecule has 1 saturated heterocycles. The molecule has 0 aromatic carbocycles. The Bertz CT molecular complexity index is 574. The van der Waals surface area contributed by atoms with Gasteiger partial charge in [-0.15, -0.1) is 0 Å². The highest BCUT2D eigenvalue weighted by Gasteiger charge is 2.34. The molecule has 0 spiro atoms. The lowest BCUT2D eigenvalue weighted by Crippen LogP contribution is -2.35. The predicted molar refractivity (Wildman–Crippen MR) is 80.7 cm³/mol. The lowest BCUT2D eigenvalue weighted by atomic mass is 10.1. The molecule has 2 atom stereocenters. The fraction of sp³-hybridized carbons (Fsp3) is 0.500. The molecule has 2 heterocycles. The number of aliphatic hydroxyl groups is 1. The van der Waals surface area contributed by atoms with Crippen molar-refractivity contribution < 1.29 is 9.90 Å². The number of carbonyl (C=O) groups excluding carboxylic acids is 1. The van der Waals surface area contributed by atoms with Crippen LogP contribution in [-0.4, -0.2) is 65.6 Å². The first kappa shape index (κ1) is 15.5. The highest BCUT2D eigenvalue weighted by atomic mass is 16.2. The van der Waals surface area contributed by atoms with Gasteiger partial charge in [-0.1, -0.05) is 18.8 Å². The lowest BCUT2D eigenvalue weighted by molar-refractivity contribution is 0.0781. The van der Waals surface area contributed by atoms with Gasteiger partial charge in [0.1, 0.15) is 6.61 Å². The van der Waals surface area contributed by atoms with Gasteiger partial charge in [0.15, 0.2) is 0 Å². The van der Waals surface area contributed by atoms with Crippen LogP contribution >= 0.6 is 0 Å². The van der Waals surface area contributed by atoms with Crippen LogP contribution in [0.3, 0.4) is 0 Å². The van der Waals surface area contributed by atoms with Crippen LogP contribution in [-0.2, 0) is 0 Å². The van der Waals surface area contributed by atoms with Crippen molar-refractivity contribution in [2.75, 3.05) is 33.8 Å². The standard InChI is InChI=1S/C16H21N3O2/c1-12-10-19(11-15(12)18(2)3)16(21)14-7-13(5-4-6-20)8-17-9-14/h7-9,12,15,20H,6,10-11H2,1-3H3. The number of hydrogen-bond donors (Lipinski definition) is 1. The fourth-order valence-corrected chi connectivity index (χ4v) is 2.74. The fourth-order valence-electron chi connectivity index (χ4n) is 2.74. The van der Waals surface area contributed by atoms with Gasteiger partial charge >= 0.3 is 0 Å². The summed E-state index contributed by atoms with van der Waals surface area (Å²) in [4.78, 5) is 20.7. The monoisotopic (exact) mass is 287 g/mol. The quantitative estimate of drug-likeness (QED) is 0.802. The van der Waals surface area contributed by atoms with E-state index in [0.717, 1.165) is 13.1 Å². The lowest BCUT2D eigenvalue weighted by Gasteiger charge is -2.22. The molecule has 0 saturated carbocycles. The second-order valence-electron chi connectivity index (χ2n) is 5.64. The summed E-state index contributed by atoms with van der Waals surface area (Å²) >= 11 is 0. The minimum absolute atomic E-state index is 0.00801. The smallest absolute Gasteiger partial charge is 0.255 e. The van der Waals surface area contributed by atoms with E-state index in [1.54, 1.807) is 18.5 Å². The summed E-state index contributed by atoms with van der Waals surface area (Å²) in [5.74, 6) is 5.78. The molecule has 112 valence electrons. The minimum Gasteiger partial charge on any atom is -0.384 e. The average molecular weight is 287 g/mol. The Kier molecular flexibility index (Phi) is 4.94. The van der Waals surface area contributed by atoms with Crippen LogP contribution in [0.5, 0.6) is 0 Å². The minimum atomic E-state index is -0.202. The number of nitrogens with zero attached hydrogens (tertiary/aromatic N) is 3. The summed E-state index contributed by atoms with van der Waals surface area (Å²) in [5.41, 5.74) is 1.19. The highest BCUT2D eigenvalue weighted by molar-refractivity contribution is 5.94. The van der Waals surface area contributed by atoms with Crippen LogP contribution < -0.4 is 0 Å². The maximum atomic E-state index is 12.6. The molecule has 0 bridgehead atoms. The van der Waals surface area contributed by atoms with E-state index in [1.807, 2.05) is 19.0 Å². The zero-order valence-electron chi connectivity index (χ0n) is 12.7. The first-order chi connectivity index (χ1) is 10.0. The molecule has 1 aliphatic rings. The SMILES string of the molecule is CC1CN(C(=O)c2cncc(C#CCO)c2)CC1N(C)C. The van der Waals surface area contributed by atoms with E-state index in [4.69, 9.17) is 5.11 Å². The van der Waals surface area contributed by atoms with Crippen molar-refractivity contribution in [1.29, 1.82) is 0 Å². The molecule has 21 heavy (non-hydrogen) atoms. The summed E-state index contributed by atoms with van der Waals surface area (Å²) in [6.07, 6.45) is 3.16. The van der Waals surface area contributed by atoms with Crippen molar-refractivity contribution in [2.45, 2.75) is 13.0 Å². The van der Waals surface area contributed by atoms with Crippen LogP contribution in [0.25, 0.3) is 0 Å². The summed E-state index contributed by atoms with van der Waals surface area (Å²) in [6.45, 7) is 3.46. The number of hydrogen-bond acceptors (Lipinski definition) is 4. The van der Waals surface area contributed by atoms with Crippen LogP contribution in [0, 0.1) is 17.8 Å². The maximum absolute atomic E-state index is 12.6. The first-order valence-corrected chi connectivity index (χ1v) is 7.03. The number of amides is 1. The third-order valence-electron chi connectivity index (χ3n) is 3.82. The number of pyridine rings is 1. The third kappa shape index (κ3) is 3.60. The molecule has 2 rings (SSSR count). The zero-order chi connectivity index (χ0) is 15.4. The Balaban J connectivity index is 2.14. The maximum Gasteiger partial charge on any atom is 0.255 e. The van der Waals surface area contributed by atoms with Gasteiger partial charge in [-0.05, 0) is 26.1 Å². The van der Waals surface area contributed by atoms with Gasteiger partial charge in [0.05, 0.1) is 5.56 Å². The van der Waals surface area contributed by atoms with E-state index >= 15 is 0 Å². The van der Waals surface area contributed by atoms with E-state index in [9.17, 15) is 4.79 Å². The van der Waals surface area contributed by atoms with Crippen LogP contribution in [0.1, 0.15) is 22.8 Å². The van der Waals surface area contributed by atoms with Crippen LogP contribution in [0.2, 0.25) is 0 Å². The topological polar surface area (TPSA) is 56.7 Å². The van der Waals surface area contributed by atoms with Gasteiger partial charge in [0.2, 0.25) is 0 Å². The van der Waals surface area contributed by atoms with Gasteiger partial charge in [0, 0.05) is 37.1 Å². The van der Waals surface area contributed by atoms with Crippen molar-refractivity contribution in [3.63, 3.8) is 0 Å². The van der Waals surface area contributed by atoms with Crippen LogP contribution in [0.15, 0.2) is 18.5 Å². The molecule has 1 aromatic rings. The van der Waals surface area contributed by atoms with Gasteiger partial charge < -0.3 is 14.9 Å². The number of aliphatic hydroxyl groups excluding tert-OH is 1. The second kappa shape index (κ2) is 6.70. The zero-order valence-corrected chi connectivity index (χ0v) is 12.7. The third-order valence-corrected chi connectivity index (χ3v) is 3.82. The van der Waals surface area contributed by atoms with Gasteiger partial charge in [-0.2, -0.15) is 0 Å². The second-order valence-corrected chi connectivity index (χ2v) is 5.64. The van der Waals surface area contributed by atoms with Crippen molar-refractivity contribution >= 4 is 5.91 Å². The Labute approximate surface area is 125 Å². The van der Waals surface area contributed by atoms with Gasteiger partial charge in [0.25, 0.3) is 5.91 Å². The molecule has 5 heteroatoms. The van der Waals surface area contributed by atoms with E-state index in [-0.39, 0.29) is 12.5 Å². The number of likely N-dealkylation sites (tertiary alicyclic amines) is 1. The molecule has 2 unspecified atom stereocenters. The van der Waals surface area contributed by atoms with Crippen molar-refractivity contribution in [1.82, 2.24) is 14.8 Å². The Morgan fingerprint density at radius 3 is 2.86 bits per heavy atom. The van der Waals surface area contributed by atoms with Gasteiger partial charge in [-0.3, -0.25) is 9.78 Å². The molecule has 1 N–H and O–H groups in total. The summed E-state index contributed by atoms with van der Waals surface area (Å²) in [5, 5.41) is 8.72. The molecule has 1 aliphatic heterocycles. The predicted octanol–water partition coefficient (Wildman–Crippen LogP) is 0.447. The molecule has 0 radical (unpaired) electrons. The molecule has 0 aliphatic carbocycles. The van der Waals surface area contributed by atoms with Crippen molar-refractivity contribution in [3.05, 3.63) is 29.6 Å². The van der Waals surface area contributed by atoms with Crippen molar-refractivity contribution in [2.24, 2.45) is 5.92 Å². The Morgan fingerprint density at radius 1 is 1.48 bits per heavy atom. The number of aromatic nitrogens is 1. The Hall–Kier alpha value is -1.90. The molecular weight excluding hydrogens is 266 g/mol. The first-order valence-electron chi connectivity index (χ1n) is 7.03. The van der Waals surface area contributed by atoms with E-state index in [2.05, 4.69) is 28.6 Å². The summed E-state index contributed by atoms with van der Waals surface area (Å²) < 4.78 is 0. The molecule has 1 amide bonds. The summed E-state index contributed by atoms with van der Waals surface area (Å²) in [6, 6.07) is 2.12. The number of rotatable bonds is 2. The van der Waals surface area contributed by atoms with E-state index in [0.29, 0.717) is 23.1 Å². The number of likely N-dealkylation sites (N-methyl/N-ethyl adjacent to an activating group) is 1. The highest BCUT2D eigenvalue weighted by Crippen LogP contribution is 2.21. The van der Waals surface area contributed by atoms with Crippen LogP contribution in [0.4, 0.5) is 0 Å². The van der Waals surface area contributed by atoms with E-state index < -0.39 is 0 Å².